The Balaban J connectivity index is 1.26. The number of aromatic nitrogens is 1. The molecule has 4 heterocycles. The quantitative estimate of drug-likeness (QED) is 0.395. The average molecular weight is 492 g/mol. The topological polar surface area (TPSA) is 69.2 Å². The lowest BCUT2D eigenvalue weighted by Crippen LogP contribution is -2.56. The predicted octanol–water partition coefficient (Wildman–Crippen LogP) is 3.52. The number of rotatable bonds is 9. The lowest BCUT2D eigenvalue weighted by atomic mass is 9.85. The minimum atomic E-state index is -0.768. The van der Waals surface area contributed by atoms with Gasteiger partial charge in [-0.3, -0.25) is 19.6 Å². The van der Waals surface area contributed by atoms with Crippen molar-refractivity contribution in [3.8, 4) is 0 Å². The van der Waals surface area contributed by atoms with Crippen LogP contribution >= 0.6 is 0 Å². The maximum Gasteiger partial charge on any atom is 0.328 e. The van der Waals surface area contributed by atoms with Crippen LogP contribution in [0.1, 0.15) is 43.4 Å². The Morgan fingerprint density at radius 3 is 2.36 bits per heavy atom. The maximum absolute atomic E-state index is 13.7. The summed E-state index contributed by atoms with van der Waals surface area (Å²) < 4.78 is 5.23. The molecule has 0 bridgehead atoms. The Morgan fingerprint density at radius 1 is 0.944 bits per heavy atom. The van der Waals surface area contributed by atoms with Crippen molar-refractivity contribution in [2.24, 2.45) is 0 Å². The minimum Gasteiger partial charge on any atom is -0.385 e. The molecule has 0 aliphatic carbocycles. The second-order valence-electron chi connectivity index (χ2n) is 10.2. The van der Waals surface area contributed by atoms with Crippen LogP contribution in [0.3, 0.4) is 0 Å². The number of imide groups is 1. The highest BCUT2D eigenvalue weighted by molar-refractivity contribution is 6.07. The molecule has 0 radical (unpaired) electrons. The number of urea groups is 1. The minimum absolute atomic E-state index is 0.0785. The number of nitrogens with zero attached hydrogens (tertiary/aromatic N) is 5. The zero-order valence-corrected chi connectivity index (χ0v) is 21.3. The molecule has 1 aromatic carbocycles. The number of methoxy groups -OCH3 is 1. The lowest BCUT2D eigenvalue weighted by molar-refractivity contribution is -0.136. The Morgan fingerprint density at radius 2 is 1.69 bits per heavy atom. The van der Waals surface area contributed by atoms with E-state index in [9.17, 15) is 9.59 Å². The van der Waals surface area contributed by atoms with Crippen molar-refractivity contribution in [2.45, 2.75) is 50.7 Å². The molecule has 36 heavy (non-hydrogen) atoms. The van der Waals surface area contributed by atoms with Gasteiger partial charge in [-0.25, -0.2) is 4.79 Å². The lowest BCUT2D eigenvalue weighted by Gasteiger charge is -2.42. The molecule has 3 aliphatic rings. The van der Waals surface area contributed by atoms with Gasteiger partial charge in [0.15, 0.2) is 0 Å². The van der Waals surface area contributed by atoms with Gasteiger partial charge in [-0.1, -0.05) is 18.2 Å². The maximum atomic E-state index is 13.7. The monoisotopic (exact) mass is 491 g/mol. The fourth-order valence-electron chi connectivity index (χ4n) is 5.86. The fourth-order valence-corrected chi connectivity index (χ4v) is 5.86. The molecule has 3 saturated heterocycles. The Bertz CT molecular complexity index is 1030. The van der Waals surface area contributed by atoms with E-state index in [1.165, 1.54) is 29.0 Å². The number of piperidine rings is 1. The van der Waals surface area contributed by atoms with Crippen LogP contribution in [-0.2, 0) is 22.6 Å². The van der Waals surface area contributed by atoms with Crippen LogP contribution in [0.25, 0.3) is 0 Å². The highest BCUT2D eigenvalue weighted by Gasteiger charge is 2.57. The average Bonchev–Trinajstić information content (AvgIpc) is 3.51. The molecule has 8 heteroatoms. The van der Waals surface area contributed by atoms with E-state index < -0.39 is 5.54 Å². The number of amides is 3. The van der Waals surface area contributed by atoms with Crippen molar-refractivity contribution in [3.05, 3.63) is 59.9 Å². The molecule has 3 fully saturated rings. The Kier molecular flexibility index (Phi) is 7.53. The molecule has 0 saturated carbocycles. The van der Waals surface area contributed by atoms with E-state index in [1.807, 2.05) is 23.1 Å². The standard InChI is InChI=1S/C28H37N5O3/c1-36-20-6-17-33-27(35)32(22-24-7-2-3-14-29-24)26(34)28(33)12-18-30(19-13-28)21-23-8-10-25(11-9-23)31-15-4-5-16-31/h2-3,7-11,14H,4-6,12-13,15-22H2,1H3. The highest BCUT2D eigenvalue weighted by atomic mass is 16.5. The Labute approximate surface area is 213 Å². The van der Waals surface area contributed by atoms with Gasteiger partial charge in [-0.15, -0.1) is 0 Å². The van der Waals surface area contributed by atoms with Gasteiger partial charge in [-0.05, 0) is 61.9 Å². The van der Waals surface area contributed by atoms with Crippen LogP contribution in [0.2, 0.25) is 0 Å². The number of carbonyl (C=O) groups is 2. The summed E-state index contributed by atoms with van der Waals surface area (Å²) in [5.41, 5.74) is 2.55. The number of benzene rings is 1. The summed E-state index contributed by atoms with van der Waals surface area (Å²) >= 11 is 0. The number of carbonyl (C=O) groups excluding carboxylic acids is 2. The largest absolute Gasteiger partial charge is 0.385 e. The van der Waals surface area contributed by atoms with E-state index in [2.05, 4.69) is 39.0 Å². The van der Waals surface area contributed by atoms with Gasteiger partial charge in [0.1, 0.15) is 5.54 Å². The first-order valence-corrected chi connectivity index (χ1v) is 13.2. The third kappa shape index (κ3) is 4.97. The van der Waals surface area contributed by atoms with Crippen molar-refractivity contribution in [3.63, 3.8) is 0 Å². The summed E-state index contributed by atoms with van der Waals surface area (Å²) in [4.78, 5) is 39.6. The molecular weight excluding hydrogens is 454 g/mol. The van der Waals surface area contributed by atoms with Gasteiger partial charge in [0, 0.05) is 64.9 Å². The van der Waals surface area contributed by atoms with E-state index in [4.69, 9.17) is 4.74 Å². The highest BCUT2D eigenvalue weighted by Crippen LogP contribution is 2.38. The summed E-state index contributed by atoms with van der Waals surface area (Å²) in [5.74, 6) is -0.0785. The molecule has 0 atom stereocenters. The predicted molar refractivity (Wildman–Crippen MR) is 139 cm³/mol. The normalized spacial score (nSPS) is 20.2. The number of anilines is 1. The number of hydrogen-bond acceptors (Lipinski definition) is 6. The van der Waals surface area contributed by atoms with Crippen LogP contribution < -0.4 is 4.90 Å². The molecule has 2 aromatic rings. The molecule has 1 aromatic heterocycles. The van der Waals surface area contributed by atoms with Gasteiger partial charge in [0.2, 0.25) is 0 Å². The van der Waals surface area contributed by atoms with Crippen LogP contribution in [0, 0.1) is 0 Å². The molecular formula is C28H37N5O3. The van der Waals surface area contributed by atoms with E-state index in [-0.39, 0.29) is 18.5 Å². The summed E-state index contributed by atoms with van der Waals surface area (Å²) in [7, 11) is 1.66. The van der Waals surface area contributed by atoms with E-state index in [0.717, 1.165) is 38.4 Å². The zero-order chi connectivity index (χ0) is 25.0. The first kappa shape index (κ1) is 24.7. The van der Waals surface area contributed by atoms with Crippen molar-refractivity contribution in [2.75, 3.05) is 51.3 Å². The second-order valence-corrected chi connectivity index (χ2v) is 10.2. The number of pyridine rings is 1. The number of ether oxygens (including phenoxy) is 1. The summed E-state index contributed by atoms with van der Waals surface area (Å²) in [6, 6.07) is 14.3. The van der Waals surface area contributed by atoms with Crippen molar-refractivity contribution < 1.29 is 14.3 Å². The van der Waals surface area contributed by atoms with Crippen LogP contribution in [0.4, 0.5) is 10.5 Å². The van der Waals surface area contributed by atoms with Gasteiger partial charge in [0.25, 0.3) is 5.91 Å². The number of hydrogen-bond donors (Lipinski definition) is 0. The van der Waals surface area contributed by atoms with Crippen LogP contribution in [-0.4, -0.2) is 83.6 Å². The fraction of sp³-hybridized carbons (Fsp3) is 0.536. The van der Waals surface area contributed by atoms with Gasteiger partial charge >= 0.3 is 6.03 Å². The van der Waals surface area contributed by atoms with Crippen LogP contribution in [0.15, 0.2) is 48.7 Å². The van der Waals surface area contributed by atoms with Crippen molar-refractivity contribution in [1.29, 1.82) is 0 Å². The molecule has 1 spiro atoms. The first-order valence-electron chi connectivity index (χ1n) is 13.2. The molecule has 0 N–H and O–H groups in total. The summed E-state index contributed by atoms with van der Waals surface area (Å²) in [5, 5.41) is 0. The van der Waals surface area contributed by atoms with Crippen molar-refractivity contribution >= 4 is 17.6 Å². The SMILES string of the molecule is COCCCN1C(=O)N(Cc2ccccn2)C(=O)C12CCN(Cc1ccc(N3CCCC3)cc1)CC2. The van der Waals surface area contributed by atoms with E-state index in [1.54, 1.807) is 13.3 Å². The van der Waals surface area contributed by atoms with Gasteiger partial charge in [-0.2, -0.15) is 0 Å². The third-order valence-electron chi connectivity index (χ3n) is 7.90. The molecule has 3 aliphatic heterocycles. The molecule has 192 valence electrons. The van der Waals surface area contributed by atoms with Crippen molar-refractivity contribution in [1.82, 2.24) is 19.7 Å². The smallest absolute Gasteiger partial charge is 0.328 e. The van der Waals surface area contributed by atoms with Gasteiger partial charge in [0.05, 0.1) is 12.2 Å². The first-order chi connectivity index (χ1) is 17.6. The molecule has 8 nitrogen and oxygen atoms in total. The summed E-state index contributed by atoms with van der Waals surface area (Å²) in [6.07, 6.45) is 6.26. The number of likely N-dealkylation sites (tertiary alicyclic amines) is 1. The van der Waals surface area contributed by atoms with E-state index >= 15 is 0 Å². The summed E-state index contributed by atoms with van der Waals surface area (Å²) in [6.45, 7) is 6.03. The Hall–Kier alpha value is -2.97. The van der Waals surface area contributed by atoms with E-state index in [0.29, 0.717) is 32.4 Å². The van der Waals surface area contributed by atoms with Crippen LogP contribution in [0.5, 0.6) is 0 Å². The molecule has 5 rings (SSSR count). The molecule has 0 unspecified atom stereocenters. The third-order valence-corrected chi connectivity index (χ3v) is 7.90. The molecule has 3 amide bonds. The zero-order valence-electron chi connectivity index (χ0n) is 21.3. The second kappa shape index (κ2) is 11.0. The van der Waals surface area contributed by atoms with Gasteiger partial charge < -0.3 is 14.5 Å².